The van der Waals surface area contributed by atoms with Crippen molar-refractivity contribution in [3.05, 3.63) is 30.3 Å². The van der Waals surface area contributed by atoms with Crippen molar-refractivity contribution in [3.8, 4) is 0 Å². The second-order valence-electron chi connectivity index (χ2n) is 7.30. The predicted octanol–water partition coefficient (Wildman–Crippen LogP) is 2.32. The van der Waals surface area contributed by atoms with Gasteiger partial charge in [-0.25, -0.2) is 0 Å². The Bertz CT molecular complexity index is 596. The van der Waals surface area contributed by atoms with E-state index in [0.29, 0.717) is 18.4 Å². The van der Waals surface area contributed by atoms with Gasteiger partial charge in [-0.15, -0.1) is 0 Å². The van der Waals surface area contributed by atoms with E-state index in [1.165, 1.54) is 5.69 Å². The number of carbonyl (C=O) groups excluding carboxylic acids is 1. The molecule has 1 aromatic carbocycles. The zero-order valence-corrected chi connectivity index (χ0v) is 17.2. The molecule has 1 unspecified atom stereocenters. The van der Waals surface area contributed by atoms with Gasteiger partial charge in [0.1, 0.15) is 0 Å². The third-order valence-electron chi connectivity index (χ3n) is 5.33. The molecule has 0 bridgehead atoms. The molecule has 1 heterocycles. The van der Waals surface area contributed by atoms with E-state index in [1.807, 2.05) is 6.07 Å². The van der Waals surface area contributed by atoms with Crippen molar-refractivity contribution in [1.82, 2.24) is 15.5 Å². The highest BCUT2D eigenvalue weighted by atomic mass is 16.1. The lowest BCUT2D eigenvalue weighted by atomic mass is 9.93. The van der Waals surface area contributed by atoms with E-state index in [2.05, 4.69) is 65.6 Å². The van der Waals surface area contributed by atoms with Gasteiger partial charge in [0.2, 0.25) is 5.91 Å². The van der Waals surface area contributed by atoms with Crippen molar-refractivity contribution in [2.75, 3.05) is 45.2 Å². The van der Waals surface area contributed by atoms with E-state index >= 15 is 0 Å². The number of benzene rings is 1. The number of hydrogen-bond acceptors (Lipinski definition) is 3. The molecule has 1 fully saturated rings. The summed E-state index contributed by atoms with van der Waals surface area (Å²) in [7, 11) is 3.83. The van der Waals surface area contributed by atoms with Gasteiger partial charge in [-0.2, -0.15) is 0 Å². The SMILES string of the molecule is CCNC(=NCC(C)N(C)c1ccccc1)N1CCC(CC(=O)NC)CC1. The minimum absolute atomic E-state index is 0.145. The highest BCUT2D eigenvalue weighted by molar-refractivity contribution is 5.80. The molecule has 1 aliphatic heterocycles. The van der Waals surface area contributed by atoms with Crippen molar-refractivity contribution < 1.29 is 4.79 Å². The summed E-state index contributed by atoms with van der Waals surface area (Å²) < 4.78 is 0. The van der Waals surface area contributed by atoms with E-state index in [9.17, 15) is 4.79 Å². The number of nitrogens with one attached hydrogen (secondary N) is 2. The third kappa shape index (κ3) is 6.45. The number of likely N-dealkylation sites (N-methyl/N-ethyl adjacent to an activating group) is 1. The molecule has 0 aromatic heterocycles. The number of para-hydroxylation sites is 1. The monoisotopic (exact) mass is 373 g/mol. The molecular weight excluding hydrogens is 338 g/mol. The second-order valence-corrected chi connectivity index (χ2v) is 7.30. The van der Waals surface area contributed by atoms with Gasteiger partial charge in [0.05, 0.1) is 6.54 Å². The van der Waals surface area contributed by atoms with E-state index < -0.39 is 0 Å². The molecule has 1 atom stereocenters. The zero-order valence-electron chi connectivity index (χ0n) is 17.2. The number of nitrogens with zero attached hydrogens (tertiary/aromatic N) is 3. The molecule has 1 aliphatic rings. The molecule has 150 valence electrons. The fourth-order valence-electron chi connectivity index (χ4n) is 3.40. The van der Waals surface area contributed by atoms with Gasteiger partial charge >= 0.3 is 0 Å². The lowest BCUT2D eigenvalue weighted by Gasteiger charge is -2.34. The van der Waals surface area contributed by atoms with Gasteiger partial charge in [0.25, 0.3) is 0 Å². The Balaban J connectivity index is 1.91. The number of likely N-dealkylation sites (tertiary alicyclic amines) is 1. The van der Waals surface area contributed by atoms with Crippen molar-refractivity contribution >= 4 is 17.6 Å². The van der Waals surface area contributed by atoms with Crippen LogP contribution in [0.1, 0.15) is 33.1 Å². The average Bonchev–Trinajstić information content (AvgIpc) is 2.71. The van der Waals surface area contributed by atoms with Crippen LogP contribution in [-0.4, -0.2) is 63.1 Å². The number of amides is 1. The number of piperidine rings is 1. The topological polar surface area (TPSA) is 60.0 Å². The largest absolute Gasteiger partial charge is 0.370 e. The Morgan fingerprint density at radius 2 is 1.96 bits per heavy atom. The zero-order chi connectivity index (χ0) is 19.6. The van der Waals surface area contributed by atoms with Crippen LogP contribution >= 0.6 is 0 Å². The van der Waals surface area contributed by atoms with E-state index in [4.69, 9.17) is 4.99 Å². The quantitative estimate of drug-likeness (QED) is 0.569. The summed E-state index contributed by atoms with van der Waals surface area (Å²) in [5, 5.41) is 6.16. The van der Waals surface area contributed by atoms with Crippen molar-refractivity contribution in [2.45, 2.75) is 39.2 Å². The fourth-order valence-corrected chi connectivity index (χ4v) is 3.40. The fraction of sp³-hybridized carbons (Fsp3) is 0.619. The van der Waals surface area contributed by atoms with Crippen LogP contribution in [0.3, 0.4) is 0 Å². The smallest absolute Gasteiger partial charge is 0.220 e. The summed E-state index contributed by atoms with van der Waals surface area (Å²) in [5.74, 6) is 1.61. The Hall–Kier alpha value is -2.24. The summed E-state index contributed by atoms with van der Waals surface area (Å²) in [6.45, 7) is 7.82. The molecule has 2 N–H and O–H groups in total. The van der Waals surface area contributed by atoms with Crippen LogP contribution in [0.4, 0.5) is 5.69 Å². The maximum atomic E-state index is 11.6. The van der Waals surface area contributed by atoms with Crippen LogP contribution in [0.15, 0.2) is 35.3 Å². The Morgan fingerprint density at radius 3 is 2.56 bits per heavy atom. The molecule has 1 saturated heterocycles. The van der Waals surface area contributed by atoms with Gasteiger partial charge < -0.3 is 20.4 Å². The van der Waals surface area contributed by atoms with Gasteiger partial charge in [0.15, 0.2) is 5.96 Å². The minimum atomic E-state index is 0.145. The van der Waals surface area contributed by atoms with Gasteiger partial charge in [-0.3, -0.25) is 9.79 Å². The molecule has 1 aromatic rings. The predicted molar refractivity (Wildman–Crippen MR) is 113 cm³/mol. The molecule has 0 radical (unpaired) electrons. The molecular formula is C21H35N5O. The number of guanidine groups is 1. The number of hydrogen-bond donors (Lipinski definition) is 2. The summed E-state index contributed by atoms with van der Waals surface area (Å²) in [6.07, 6.45) is 2.71. The van der Waals surface area contributed by atoms with Crippen molar-refractivity contribution in [2.24, 2.45) is 10.9 Å². The van der Waals surface area contributed by atoms with E-state index in [1.54, 1.807) is 7.05 Å². The summed E-state index contributed by atoms with van der Waals surface area (Å²) >= 11 is 0. The molecule has 0 spiro atoms. The number of rotatable bonds is 7. The molecule has 0 saturated carbocycles. The first kappa shape index (κ1) is 21.1. The molecule has 27 heavy (non-hydrogen) atoms. The maximum absolute atomic E-state index is 11.6. The van der Waals surface area contributed by atoms with Crippen LogP contribution < -0.4 is 15.5 Å². The molecule has 6 heteroatoms. The highest BCUT2D eigenvalue weighted by Crippen LogP contribution is 2.20. The molecule has 1 amide bonds. The Kier molecular flexibility index (Phi) is 8.43. The minimum Gasteiger partial charge on any atom is -0.370 e. The standard InChI is InChI=1S/C21H35N5O/c1-5-23-21(26-13-11-18(12-14-26)15-20(27)22-3)24-16-17(2)25(4)19-9-7-6-8-10-19/h6-10,17-18H,5,11-16H2,1-4H3,(H,22,27)(H,23,24). The third-order valence-corrected chi connectivity index (χ3v) is 5.33. The van der Waals surface area contributed by atoms with Crippen LogP contribution in [0.5, 0.6) is 0 Å². The van der Waals surface area contributed by atoms with Crippen LogP contribution in [0.25, 0.3) is 0 Å². The second kappa shape index (κ2) is 10.8. The van der Waals surface area contributed by atoms with Gasteiger partial charge in [-0.05, 0) is 44.7 Å². The van der Waals surface area contributed by atoms with Crippen LogP contribution in [-0.2, 0) is 4.79 Å². The van der Waals surface area contributed by atoms with Gasteiger partial charge in [0, 0.05) is 51.9 Å². The van der Waals surface area contributed by atoms with Crippen molar-refractivity contribution in [3.63, 3.8) is 0 Å². The highest BCUT2D eigenvalue weighted by Gasteiger charge is 2.23. The normalized spacial score (nSPS) is 16.7. The lowest BCUT2D eigenvalue weighted by Crippen LogP contribution is -2.46. The number of aliphatic imine (C=N–C) groups is 1. The molecule has 0 aliphatic carbocycles. The Morgan fingerprint density at radius 1 is 1.30 bits per heavy atom. The summed E-state index contributed by atoms with van der Waals surface area (Å²) in [5.41, 5.74) is 1.21. The summed E-state index contributed by atoms with van der Waals surface area (Å²) in [6, 6.07) is 10.7. The maximum Gasteiger partial charge on any atom is 0.220 e. The number of carbonyl (C=O) groups is 1. The Labute approximate surface area is 164 Å². The molecule has 2 rings (SSSR count). The lowest BCUT2D eigenvalue weighted by molar-refractivity contribution is -0.121. The molecule has 6 nitrogen and oxygen atoms in total. The number of anilines is 1. The average molecular weight is 374 g/mol. The van der Waals surface area contributed by atoms with E-state index in [0.717, 1.165) is 45.0 Å². The van der Waals surface area contributed by atoms with Crippen LogP contribution in [0.2, 0.25) is 0 Å². The van der Waals surface area contributed by atoms with Crippen LogP contribution in [0, 0.1) is 5.92 Å². The van der Waals surface area contributed by atoms with Crippen molar-refractivity contribution in [1.29, 1.82) is 0 Å². The van der Waals surface area contributed by atoms with Gasteiger partial charge in [-0.1, -0.05) is 18.2 Å². The first-order valence-electron chi connectivity index (χ1n) is 10.1. The first-order chi connectivity index (χ1) is 13.0. The summed E-state index contributed by atoms with van der Waals surface area (Å²) in [4.78, 5) is 21.1. The van der Waals surface area contributed by atoms with E-state index in [-0.39, 0.29) is 5.91 Å². The first-order valence-corrected chi connectivity index (χ1v) is 10.1.